The third-order valence-electron chi connectivity index (χ3n) is 4.79. The van der Waals surface area contributed by atoms with Crippen LogP contribution in [0, 0.1) is 17.8 Å². The van der Waals surface area contributed by atoms with Gasteiger partial charge in [0.25, 0.3) is 0 Å². The number of hydrogen-bond acceptors (Lipinski definition) is 2. The molecule has 1 aromatic rings. The highest BCUT2D eigenvalue weighted by Gasteiger charge is 2.50. The maximum Gasteiger partial charge on any atom is 0.216 e. The van der Waals surface area contributed by atoms with E-state index in [1.165, 1.54) is 19.3 Å². The van der Waals surface area contributed by atoms with E-state index in [-0.39, 0.29) is 0 Å². The monoisotopic (exact) mass is 261 g/mol. The quantitative estimate of drug-likeness (QED) is 0.758. The van der Waals surface area contributed by atoms with Gasteiger partial charge in [0, 0.05) is 23.0 Å². The van der Waals surface area contributed by atoms with Gasteiger partial charge in [-0.15, -0.1) is 0 Å². The largest absolute Gasteiger partial charge is 0.473 e. The normalized spacial score (nSPS) is 37.1. The molecule has 2 nitrogen and oxygen atoms in total. The fourth-order valence-electron chi connectivity index (χ4n) is 3.90. The van der Waals surface area contributed by atoms with Crippen molar-refractivity contribution in [3.8, 4) is 0 Å². The molecule has 0 N–H and O–H groups in total. The van der Waals surface area contributed by atoms with Gasteiger partial charge in [-0.25, -0.2) is 0 Å². The van der Waals surface area contributed by atoms with E-state index in [9.17, 15) is 0 Å². The lowest BCUT2D eigenvalue weighted by Crippen LogP contribution is -2.38. The maximum atomic E-state index is 6.18. The zero-order valence-electron chi connectivity index (χ0n) is 10.2. The van der Waals surface area contributed by atoms with E-state index < -0.39 is 0 Å². The third-order valence-corrected chi connectivity index (χ3v) is 5.04. The fraction of sp³-hybridized carbons (Fsp3) is 0.533. The smallest absolute Gasteiger partial charge is 0.216 e. The topological polar surface area (TPSA) is 21.6 Å². The van der Waals surface area contributed by atoms with Crippen LogP contribution in [0.5, 0.6) is 0 Å². The average molecular weight is 262 g/mol. The number of benzene rings is 1. The molecule has 1 aliphatic heterocycles. The fourth-order valence-corrected chi connectivity index (χ4v) is 4.03. The van der Waals surface area contributed by atoms with E-state index in [2.05, 4.69) is 4.99 Å². The Kier molecular flexibility index (Phi) is 2.41. The van der Waals surface area contributed by atoms with Gasteiger partial charge >= 0.3 is 0 Å². The first-order chi connectivity index (χ1) is 8.81. The van der Waals surface area contributed by atoms with E-state index in [0.717, 1.165) is 34.9 Å². The van der Waals surface area contributed by atoms with Crippen molar-refractivity contribution in [3.05, 3.63) is 34.9 Å². The Labute approximate surface area is 112 Å². The molecule has 18 heavy (non-hydrogen) atoms. The van der Waals surface area contributed by atoms with Crippen LogP contribution in [0.25, 0.3) is 0 Å². The molecule has 2 bridgehead atoms. The summed E-state index contributed by atoms with van der Waals surface area (Å²) in [6.45, 7) is 0.948. The van der Waals surface area contributed by atoms with Crippen molar-refractivity contribution in [2.75, 3.05) is 6.54 Å². The van der Waals surface area contributed by atoms with E-state index in [1.807, 2.05) is 24.3 Å². The lowest BCUT2D eigenvalue weighted by atomic mass is 9.85. The summed E-state index contributed by atoms with van der Waals surface area (Å²) in [5, 5.41) is 0.757. The highest BCUT2D eigenvalue weighted by atomic mass is 35.5. The van der Waals surface area contributed by atoms with Crippen LogP contribution < -0.4 is 0 Å². The zero-order valence-corrected chi connectivity index (χ0v) is 10.9. The molecule has 0 unspecified atom stereocenters. The van der Waals surface area contributed by atoms with Crippen LogP contribution in [0.1, 0.15) is 24.8 Å². The molecule has 0 saturated heterocycles. The number of rotatable bonds is 1. The Morgan fingerprint density at radius 3 is 2.72 bits per heavy atom. The predicted molar refractivity (Wildman–Crippen MR) is 72.1 cm³/mol. The summed E-state index contributed by atoms with van der Waals surface area (Å²) >= 11 is 5.91. The lowest BCUT2D eigenvalue weighted by molar-refractivity contribution is 0.0624. The van der Waals surface area contributed by atoms with Gasteiger partial charge in [-0.2, -0.15) is 0 Å². The summed E-state index contributed by atoms with van der Waals surface area (Å²) in [4.78, 5) is 4.64. The van der Waals surface area contributed by atoms with Gasteiger partial charge in [0.2, 0.25) is 5.90 Å². The van der Waals surface area contributed by atoms with Gasteiger partial charge in [0.05, 0.1) is 0 Å². The number of halogens is 1. The molecule has 0 radical (unpaired) electrons. The first-order valence-corrected chi connectivity index (χ1v) is 7.16. The first-order valence-electron chi connectivity index (χ1n) is 6.78. The minimum absolute atomic E-state index is 0.423. The van der Waals surface area contributed by atoms with Crippen molar-refractivity contribution in [1.29, 1.82) is 0 Å². The predicted octanol–water partition coefficient (Wildman–Crippen LogP) is 3.53. The van der Waals surface area contributed by atoms with Crippen molar-refractivity contribution in [1.82, 2.24) is 0 Å². The van der Waals surface area contributed by atoms with Gasteiger partial charge in [0.1, 0.15) is 6.10 Å². The highest BCUT2D eigenvalue weighted by molar-refractivity contribution is 6.30. The Balaban J connectivity index is 1.61. The number of ether oxygens (including phenoxy) is 1. The summed E-state index contributed by atoms with van der Waals surface area (Å²) in [5.41, 5.74) is 1.06. The van der Waals surface area contributed by atoms with Crippen molar-refractivity contribution in [2.45, 2.75) is 25.4 Å². The van der Waals surface area contributed by atoms with Crippen LogP contribution in [-0.4, -0.2) is 18.5 Å². The molecule has 2 fully saturated rings. The Hall–Kier alpha value is -1.02. The molecule has 0 spiro atoms. The Morgan fingerprint density at radius 2 is 1.89 bits per heavy atom. The highest BCUT2D eigenvalue weighted by Crippen LogP contribution is 2.51. The minimum Gasteiger partial charge on any atom is -0.473 e. The van der Waals surface area contributed by atoms with Gasteiger partial charge in [-0.1, -0.05) is 11.6 Å². The Morgan fingerprint density at radius 1 is 1.11 bits per heavy atom. The minimum atomic E-state index is 0.423. The zero-order chi connectivity index (χ0) is 12.1. The van der Waals surface area contributed by atoms with Crippen molar-refractivity contribution < 1.29 is 4.74 Å². The van der Waals surface area contributed by atoms with Gasteiger partial charge in [-0.3, -0.25) is 4.99 Å². The molecular weight excluding hydrogens is 246 g/mol. The maximum absolute atomic E-state index is 6.18. The Bertz CT molecular complexity index is 496. The molecule has 3 heteroatoms. The van der Waals surface area contributed by atoms with Crippen LogP contribution in [0.4, 0.5) is 0 Å². The van der Waals surface area contributed by atoms with Gasteiger partial charge < -0.3 is 4.74 Å². The summed E-state index contributed by atoms with van der Waals surface area (Å²) in [7, 11) is 0. The van der Waals surface area contributed by atoms with E-state index in [4.69, 9.17) is 16.3 Å². The second kappa shape index (κ2) is 3.99. The standard InChI is InChI=1S/C15H16ClNO/c16-12-5-3-9(4-6-12)15-17-8-13-10-1-2-11(7-10)14(13)18-15/h3-6,10-11,13-14H,1-2,7-8H2/t10-,11+,13+,14-/m0/s1. The number of aliphatic imine (C=N–C) groups is 1. The summed E-state index contributed by atoms with van der Waals surface area (Å²) < 4.78 is 6.18. The first kappa shape index (κ1) is 10.9. The molecular formula is C15H16ClNO. The van der Waals surface area contributed by atoms with E-state index in [0.29, 0.717) is 12.0 Å². The number of fused-ring (bicyclic) bond motifs is 5. The third kappa shape index (κ3) is 1.58. The van der Waals surface area contributed by atoms with Crippen molar-refractivity contribution in [3.63, 3.8) is 0 Å². The average Bonchev–Trinajstić information content (AvgIpc) is 3.01. The van der Waals surface area contributed by atoms with E-state index >= 15 is 0 Å². The molecule has 0 amide bonds. The summed E-state index contributed by atoms with van der Waals surface area (Å²) in [6.07, 6.45) is 4.52. The van der Waals surface area contributed by atoms with Crippen LogP contribution in [0.3, 0.4) is 0 Å². The lowest BCUT2D eigenvalue weighted by Gasteiger charge is -2.34. The van der Waals surface area contributed by atoms with Crippen molar-refractivity contribution >= 4 is 17.5 Å². The second-order valence-corrected chi connectivity index (χ2v) is 6.17. The van der Waals surface area contributed by atoms with Gasteiger partial charge in [-0.05, 0) is 55.4 Å². The summed E-state index contributed by atoms with van der Waals surface area (Å²) in [5.74, 6) is 3.15. The van der Waals surface area contributed by atoms with Gasteiger partial charge in [0.15, 0.2) is 0 Å². The molecule has 0 aromatic heterocycles. The molecule has 2 saturated carbocycles. The molecule has 3 aliphatic rings. The van der Waals surface area contributed by atoms with Crippen molar-refractivity contribution in [2.24, 2.45) is 22.7 Å². The molecule has 94 valence electrons. The molecule has 4 rings (SSSR count). The molecule has 1 aromatic carbocycles. The molecule has 2 aliphatic carbocycles. The van der Waals surface area contributed by atoms with Crippen LogP contribution in [0.2, 0.25) is 5.02 Å². The summed E-state index contributed by atoms with van der Waals surface area (Å²) in [6, 6.07) is 7.79. The van der Waals surface area contributed by atoms with Crippen LogP contribution in [-0.2, 0) is 4.74 Å². The van der Waals surface area contributed by atoms with E-state index in [1.54, 1.807) is 0 Å². The second-order valence-electron chi connectivity index (χ2n) is 5.73. The molecule has 4 atom stereocenters. The molecule has 1 heterocycles. The van der Waals surface area contributed by atoms with Crippen LogP contribution in [0.15, 0.2) is 29.3 Å². The number of hydrogen-bond donors (Lipinski definition) is 0. The number of nitrogens with zero attached hydrogens (tertiary/aromatic N) is 1. The SMILES string of the molecule is Clc1ccc(C2=NC[C@@H]3[C@H]4CC[C@H](C4)[C@@H]3O2)cc1. The van der Waals surface area contributed by atoms with Crippen LogP contribution >= 0.6 is 11.6 Å².